The van der Waals surface area contributed by atoms with E-state index in [0.29, 0.717) is 22.5 Å². The van der Waals surface area contributed by atoms with Crippen LogP contribution in [0, 0.1) is 6.92 Å². The summed E-state index contributed by atoms with van der Waals surface area (Å²) in [5.74, 6) is 2.07. The highest BCUT2D eigenvalue weighted by Crippen LogP contribution is 2.32. The summed E-state index contributed by atoms with van der Waals surface area (Å²) in [6, 6.07) is 11.3. The molecular weight excluding hydrogens is 456 g/mol. The lowest BCUT2D eigenvalue weighted by atomic mass is 10.2. The summed E-state index contributed by atoms with van der Waals surface area (Å²) >= 11 is 4.75. The van der Waals surface area contributed by atoms with Crippen molar-refractivity contribution in [2.75, 3.05) is 25.3 Å². The molecule has 0 spiro atoms. The van der Waals surface area contributed by atoms with Gasteiger partial charge in [-0.1, -0.05) is 27.7 Å². The predicted molar refractivity (Wildman–Crippen MR) is 118 cm³/mol. The lowest BCUT2D eigenvalue weighted by Gasteiger charge is -2.10. The number of rotatable bonds is 7. The Balaban J connectivity index is 1.69. The molecule has 0 fully saturated rings. The summed E-state index contributed by atoms with van der Waals surface area (Å²) in [5, 5.41) is 12.1. The number of ether oxygens (including phenoxy) is 2. The van der Waals surface area contributed by atoms with E-state index in [-0.39, 0.29) is 11.7 Å². The van der Waals surface area contributed by atoms with Crippen molar-refractivity contribution in [2.45, 2.75) is 12.1 Å². The standard InChI is InChI=1S/C20H21BrN4O3S/c1-12-9-14(21)6-7-15(12)22-18(26)11-29-20-24-23-19(25(20)2)13-5-8-16(27-3)17(10-13)28-4/h5-10H,11H2,1-4H3,(H,22,26). The third kappa shape index (κ3) is 4.91. The molecular formula is C20H21BrN4O3S. The van der Waals surface area contributed by atoms with Gasteiger partial charge in [0.05, 0.1) is 20.0 Å². The normalized spacial score (nSPS) is 10.7. The van der Waals surface area contributed by atoms with E-state index in [1.165, 1.54) is 11.8 Å². The van der Waals surface area contributed by atoms with E-state index >= 15 is 0 Å². The van der Waals surface area contributed by atoms with Crippen LogP contribution in [-0.4, -0.2) is 40.6 Å². The van der Waals surface area contributed by atoms with Crippen molar-refractivity contribution in [1.29, 1.82) is 0 Å². The number of carbonyl (C=O) groups is 1. The Labute approximate surface area is 181 Å². The molecule has 2 aromatic carbocycles. The van der Waals surface area contributed by atoms with Crippen molar-refractivity contribution >= 4 is 39.3 Å². The van der Waals surface area contributed by atoms with Crippen LogP contribution in [0.4, 0.5) is 5.69 Å². The Hall–Kier alpha value is -2.52. The van der Waals surface area contributed by atoms with Gasteiger partial charge < -0.3 is 19.4 Å². The summed E-state index contributed by atoms with van der Waals surface area (Å²) < 4.78 is 13.5. The highest BCUT2D eigenvalue weighted by Gasteiger charge is 2.15. The van der Waals surface area contributed by atoms with Crippen LogP contribution in [0.25, 0.3) is 11.4 Å². The number of benzene rings is 2. The summed E-state index contributed by atoms with van der Waals surface area (Å²) in [6.45, 7) is 1.95. The smallest absolute Gasteiger partial charge is 0.234 e. The number of amides is 1. The van der Waals surface area contributed by atoms with Crippen molar-refractivity contribution in [2.24, 2.45) is 7.05 Å². The van der Waals surface area contributed by atoms with Gasteiger partial charge in [-0.3, -0.25) is 4.79 Å². The number of nitrogens with one attached hydrogen (secondary N) is 1. The van der Waals surface area contributed by atoms with Crippen molar-refractivity contribution in [3.05, 3.63) is 46.4 Å². The molecule has 0 aliphatic carbocycles. The van der Waals surface area contributed by atoms with E-state index in [1.54, 1.807) is 14.2 Å². The number of nitrogens with zero attached hydrogens (tertiary/aromatic N) is 3. The number of aryl methyl sites for hydroxylation is 1. The van der Waals surface area contributed by atoms with Crippen LogP contribution in [0.1, 0.15) is 5.56 Å². The van der Waals surface area contributed by atoms with Crippen molar-refractivity contribution < 1.29 is 14.3 Å². The molecule has 0 radical (unpaired) electrons. The summed E-state index contributed by atoms with van der Waals surface area (Å²) in [5.41, 5.74) is 2.63. The predicted octanol–water partition coefficient (Wildman–Crippen LogP) is 4.30. The maximum atomic E-state index is 12.3. The molecule has 7 nitrogen and oxygen atoms in total. The molecule has 9 heteroatoms. The average Bonchev–Trinajstić information content (AvgIpc) is 3.08. The van der Waals surface area contributed by atoms with Crippen LogP contribution in [-0.2, 0) is 11.8 Å². The van der Waals surface area contributed by atoms with Crippen LogP contribution in [0.5, 0.6) is 11.5 Å². The molecule has 1 N–H and O–H groups in total. The van der Waals surface area contributed by atoms with Crippen LogP contribution >= 0.6 is 27.7 Å². The summed E-state index contributed by atoms with van der Waals surface area (Å²) in [4.78, 5) is 12.3. The summed E-state index contributed by atoms with van der Waals surface area (Å²) in [7, 11) is 5.05. The second-order valence-corrected chi connectivity index (χ2v) is 8.09. The third-order valence-electron chi connectivity index (χ3n) is 4.27. The zero-order valence-corrected chi connectivity index (χ0v) is 18.9. The zero-order chi connectivity index (χ0) is 21.0. The van der Waals surface area contributed by atoms with E-state index in [2.05, 4.69) is 31.4 Å². The first-order valence-electron chi connectivity index (χ1n) is 8.73. The largest absolute Gasteiger partial charge is 0.493 e. The minimum Gasteiger partial charge on any atom is -0.493 e. The van der Waals surface area contributed by atoms with E-state index in [9.17, 15) is 4.79 Å². The lowest BCUT2D eigenvalue weighted by molar-refractivity contribution is -0.113. The molecule has 0 saturated carbocycles. The lowest BCUT2D eigenvalue weighted by Crippen LogP contribution is -2.15. The van der Waals surface area contributed by atoms with Crippen LogP contribution in [0.15, 0.2) is 46.0 Å². The minimum absolute atomic E-state index is 0.101. The number of anilines is 1. The highest BCUT2D eigenvalue weighted by atomic mass is 79.9. The second-order valence-electron chi connectivity index (χ2n) is 6.23. The fraction of sp³-hybridized carbons (Fsp3) is 0.250. The first-order valence-corrected chi connectivity index (χ1v) is 10.5. The van der Waals surface area contributed by atoms with Crippen molar-refractivity contribution in [1.82, 2.24) is 14.8 Å². The van der Waals surface area contributed by atoms with Crippen LogP contribution in [0.3, 0.4) is 0 Å². The number of halogens is 1. The maximum Gasteiger partial charge on any atom is 0.234 e. The molecule has 152 valence electrons. The molecule has 1 amide bonds. The van der Waals surface area contributed by atoms with Gasteiger partial charge in [0, 0.05) is 22.8 Å². The second kappa shape index (κ2) is 9.32. The molecule has 0 aliphatic rings. The van der Waals surface area contributed by atoms with Gasteiger partial charge in [0.25, 0.3) is 0 Å². The number of methoxy groups -OCH3 is 2. The van der Waals surface area contributed by atoms with Gasteiger partial charge in [-0.25, -0.2) is 0 Å². The molecule has 0 unspecified atom stereocenters. The molecule has 0 atom stereocenters. The van der Waals surface area contributed by atoms with Gasteiger partial charge in [-0.15, -0.1) is 10.2 Å². The Bertz CT molecular complexity index is 1040. The van der Waals surface area contributed by atoms with E-state index in [4.69, 9.17) is 9.47 Å². The number of hydrogen-bond donors (Lipinski definition) is 1. The Morgan fingerprint density at radius 3 is 2.59 bits per heavy atom. The molecule has 1 heterocycles. The highest BCUT2D eigenvalue weighted by molar-refractivity contribution is 9.10. The summed E-state index contributed by atoms with van der Waals surface area (Å²) in [6.07, 6.45) is 0. The topological polar surface area (TPSA) is 78.3 Å². The molecule has 0 bridgehead atoms. The molecule has 29 heavy (non-hydrogen) atoms. The maximum absolute atomic E-state index is 12.3. The quantitative estimate of drug-likeness (QED) is 0.512. The van der Waals surface area contributed by atoms with E-state index in [1.807, 2.05) is 54.9 Å². The van der Waals surface area contributed by atoms with Crippen molar-refractivity contribution in [3.63, 3.8) is 0 Å². The van der Waals surface area contributed by atoms with E-state index < -0.39 is 0 Å². The van der Waals surface area contributed by atoms with Gasteiger partial charge in [-0.05, 0) is 48.9 Å². The van der Waals surface area contributed by atoms with Crippen molar-refractivity contribution in [3.8, 4) is 22.9 Å². The molecule has 0 saturated heterocycles. The Morgan fingerprint density at radius 2 is 1.90 bits per heavy atom. The van der Waals surface area contributed by atoms with Gasteiger partial charge >= 0.3 is 0 Å². The fourth-order valence-corrected chi connectivity index (χ4v) is 3.94. The first kappa shape index (κ1) is 21.2. The minimum atomic E-state index is -0.101. The number of thioether (sulfide) groups is 1. The molecule has 1 aromatic heterocycles. The van der Waals surface area contributed by atoms with Crippen LogP contribution in [0.2, 0.25) is 0 Å². The first-order chi connectivity index (χ1) is 13.9. The van der Waals surface area contributed by atoms with Crippen LogP contribution < -0.4 is 14.8 Å². The van der Waals surface area contributed by atoms with Gasteiger partial charge in [0.1, 0.15) is 0 Å². The number of aromatic nitrogens is 3. The van der Waals surface area contributed by atoms with Gasteiger partial charge in [-0.2, -0.15) is 0 Å². The molecule has 3 aromatic rings. The zero-order valence-electron chi connectivity index (χ0n) is 16.5. The monoisotopic (exact) mass is 476 g/mol. The SMILES string of the molecule is COc1ccc(-c2nnc(SCC(=O)Nc3ccc(Br)cc3C)n2C)cc1OC. The molecule has 3 rings (SSSR count). The number of carbonyl (C=O) groups excluding carboxylic acids is 1. The molecule has 0 aliphatic heterocycles. The third-order valence-corrected chi connectivity index (χ3v) is 5.79. The van der Waals surface area contributed by atoms with E-state index in [0.717, 1.165) is 21.3 Å². The fourth-order valence-electron chi connectivity index (χ4n) is 2.75. The van der Waals surface area contributed by atoms with Gasteiger partial charge in [0.15, 0.2) is 22.5 Å². The average molecular weight is 477 g/mol. The van der Waals surface area contributed by atoms with Gasteiger partial charge in [0.2, 0.25) is 5.91 Å². The Morgan fingerprint density at radius 1 is 1.14 bits per heavy atom. The number of hydrogen-bond acceptors (Lipinski definition) is 6. The Kier molecular flexibility index (Phi) is 6.81.